The van der Waals surface area contributed by atoms with Crippen LogP contribution in [0.3, 0.4) is 0 Å². The second-order valence-corrected chi connectivity index (χ2v) is 3.86. The highest BCUT2D eigenvalue weighted by atomic mass is 19.1. The molecular formula is C11H12FN3O. The van der Waals surface area contributed by atoms with Crippen LogP contribution in [0.4, 0.5) is 4.39 Å². The van der Waals surface area contributed by atoms with Crippen molar-refractivity contribution in [2.24, 2.45) is 0 Å². The Hall–Kier alpha value is -1.46. The van der Waals surface area contributed by atoms with Crippen LogP contribution in [0.5, 0.6) is 0 Å². The van der Waals surface area contributed by atoms with E-state index in [4.69, 9.17) is 4.74 Å². The number of fused-ring (bicyclic) bond motifs is 1. The van der Waals surface area contributed by atoms with Gasteiger partial charge in [0.15, 0.2) is 0 Å². The van der Waals surface area contributed by atoms with E-state index in [1.807, 2.05) is 10.6 Å². The van der Waals surface area contributed by atoms with Crippen LogP contribution in [0, 0.1) is 5.82 Å². The van der Waals surface area contributed by atoms with Crippen molar-refractivity contribution >= 4 is 5.65 Å². The molecule has 3 heterocycles. The number of ether oxygens (including phenoxy) is 1. The summed E-state index contributed by atoms with van der Waals surface area (Å²) in [7, 11) is 0. The van der Waals surface area contributed by atoms with Gasteiger partial charge in [0.1, 0.15) is 11.5 Å². The Kier molecular flexibility index (Phi) is 2.34. The molecule has 1 N–H and O–H groups in total. The summed E-state index contributed by atoms with van der Waals surface area (Å²) in [5.41, 5.74) is 1.52. The third-order valence-electron chi connectivity index (χ3n) is 2.72. The molecule has 1 fully saturated rings. The number of halogens is 1. The third-order valence-corrected chi connectivity index (χ3v) is 2.72. The van der Waals surface area contributed by atoms with Crippen molar-refractivity contribution in [1.82, 2.24) is 14.7 Å². The molecule has 0 spiro atoms. The average molecular weight is 221 g/mol. The van der Waals surface area contributed by atoms with Gasteiger partial charge in [0.05, 0.1) is 24.9 Å². The quantitative estimate of drug-likeness (QED) is 0.784. The summed E-state index contributed by atoms with van der Waals surface area (Å²) in [4.78, 5) is 4.38. The Balaban J connectivity index is 1.97. The lowest BCUT2D eigenvalue weighted by molar-refractivity contribution is 0.0758. The fraction of sp³-hybridized carbons (Fsp3) is 0.364. The summed E-state index contributed by atoms with van der Waals surface area (Å²) in [6.45, 7) is 2.18. The predicted molar refractivity (Wildman–Crippen MR) is 56.7 cm³/mol. The van der Waals surface area contributed by atoms with E-state index in [1.165, 1.54) is 12.1 Å². The number of hydrogen-bond acceptors (Lipinski definition) is 3. The van der Waals surface area contributed by atoms with Gasteiger partial charge in [0.25, 0.3) is 0 Å². The van der Waals surface area contributed by atoms with Crippen molar-refractivity contribution in [1.29, 1.82) is 0 Å². The lowest BCUT2D eigenvalue weighted by Gasteiger charge is -2.21. The number of nitrogens with zero attached hydrogens (tertiary/aromatic N) is 2. The highest BCUT2D eigenvalue weighted by Gasteiger charge is 2.18. The van der Waals surface area contributed by atoms with Gasteiger partial charge in [-0.2, -0.15) is 0 Å². The molecule has 0 saturated carbocycles. The zero-order chi connectivity index (χ0) is 11.0. The smallest absolute Gasteiger partial charge is 0.139 e. The standard InChI is InChI=1S/C11H12FN3O/c12-8-1-3-15-6-9(14-11(15)5-8)10-7-16-4-2-13-10/h1,3,5-6,10,13H,2,4,7H2. The zero-order valence-electron chi connectivity index (χ0n) is 8.69. The molecule has 0 aliphatic carbocycles. The van der Waals surface area contributed by atoms with E-state index in [1.54, 1.807) is 6.20 Å². The molecule has 1 aliphatic rings. The number of nitrogens with one attached hydrogen (secondary N) is 1. The van der Waals surface area contributed by atoms with Crippen LogP contribution < -0.4 is 5.32 Å². The molecule has 5 heteroatoms. The number of hydrogen-bond donors (Lipinski definition) is 1. The Morgan fingerprint density at radius 2 is 2.50 bits per heavy atom. The van der Waals surface area contributed by atoms with Crippen LogP contribution >= 0.6 is 0 Å². The second-order valence-electron chi connectivity index (χ2n) is 3.86. The summed E-state index contributed by atoms with van der Waals surface area (Å²) in [5, 5.41) is 3.32. The fourth-order valence-corrected chi connectivity index (χ4v) is 1.90. The van der Waals surface area contributed by atoms with Gasteiger partial charge < -0.3 is 14.5 Å². The molecule has 1 unspecified atom stereocenters. The Bertz CT molecular complexity index is 505. The summed E-state index contributed by atoms with van der Waals surface area (Å²) < 4.78 is 20.2. The molecular weight excluding hydrogens is 209 g/mol. The molecule has 0 amide bonds. The monoisotopic (exact) mass is 221 g/mol. The van der Waals surface area contributed by atoms with Crippen molar-refractivity contribution in [2.45, 2.75) is 6.04 Å². The molecule has 1 aliphatic heterocycles. The SMILES string of the molecule is Fc1ccn2cc(C3COCCN3)nc2c1. The van der Waals surface area contributed by atoms with E-state index in [0.29, 0.717) is 12.3 Å². The maximum Gasteiger partial charge on any atom is 0.139 e. The number of imidazole rings is 1. The Morgan fingerprint density at radius 3 is 3.31 bits per heavy atom. The number of aromatic nitrogens is 2. The van der Waals surface area contributed by atoms with Crippen molar-refractivity contribution in [3.05, 3.63) is 36.0 Å². The molecule has 0 aromatic carbocycles. The van der Waals surface area contributed by atoms with E-state index in [-0.39, 0.29) is 11.9 Å². The van der Waals surface area contributed by atoms with Gasteiger partial charge in [-0.15, -0.1) is 0 Å². The summed E-state index contributed by atoms with van der Waals surface area (Å²) in [6.07, 6.45) is 3.58. The number of rotatable bonds is 1. The first-order valence-electron chi connectivity index (χ1n) is 5.28. The van der Waals surface area contributed by atoms with Crippen LogP contribution in [0.1, 0.15) is 11.7 Å². The Labute approximate surface area is 92.1 Å². The highest BCUT2D eigenvalue weighted by Crippen LogP contribution is 2.16. The van der Waals surface area contributed by atoms with Crippen molar-refractivity contribution in [3.8, 4) is 0 Å². The molecule has 0 radical (unpaired) electrons. The summed E-state index contributed by atoms with van der Waals surface area (Å²) in [6, 6.07) is 2.95. The normalized spacial score (nSPS) is 21.4. The van der Waals surface area contributed by atoms with Gasteiger partial charge >= 0.3 is 0 Å². The third kappa shape index (κ3) is 1.68. The minimum Gasteiger partial charge on any atom is -0.378 e. The Morgan fingerprint density at radius 1 is 1.56 bits per heavy atom. The van der Waals surface area contributed by atoms with Crippen LogP contribution in [0.2, 0.25) is 0 Å². The average Bonchev–Trinajstić information content (AvgIpc) is 2.73. The van der Waals surface area contributed by atoms with Gasteiger partial charge in [-0.05, 0) is 6.07 Å². The van der Waals surface area contributed by atoms with E-state index in [2.05, 4.69) is 10.3 Å². The fourth-order valence-electron chi connectivity index (χ4n) is 1.90. The van der Waals surface area contributed by atoms with E-state index in [9.17, 15) is 4.39 Å². The van der Waals surface area contributed by atoms with E-state index in [0.717, 1.165) is 18.8 Å². The highest BCUT2D eigenvalue weighted by molar-refractivity contribution is 5.40. The molecule has 1 atom stereocenters. The number of morpholine rings is 1. The summed E-state index contributed by atoms with van der Waals surface area (Å²) >= 11 is 0. The molecule has 84 valence electrons. The largest absolute Gasteiger partial charge is 0.378 e. The zero-order valence-corrected chi connectivity index (χ0v) is 8.69. The maximum absolute atomic E-state index is 13.0. The lowest BCUT2D eigenvalue weighted by Crippen LogP contribution is -2.34. The van der Waals surface area contributed by atoms with Gasteiger partial charge in [-0.1, -0.05) is 0 Å². The van der Waals surface area contributed by atoms with Crippen molar-refractivity contribution in [2.75, 3.05) is 19.8 Å². The second kappa shape index (κ2) is 3.84. The maximum atomic E-state index is 13.0. The minimum atomic E-state index is -0.266. The van der Waals surface area contributed by atoms with Crippen LogP contribution in [0.25, 0.3) is 5.65 Å². The molecule has 16 heavy (non-hydrogen) atoms. The first-order valence-corrected chi connectivity index (χ1v) is 5.28. The van der Waals surface area contributed by atoms with Crippen LogP contribution in [-0.2, 0) is 4.74 Å². The van der Waals surface area contributed by atoms with Gasteiger partial charge in [-0.3, -0.25) is 0 Å². The van der Waals surface area contributed by atoms with Crippen molar-refractivity contribution in [3.63, 3.8) is 0 Å². The summed E-state index contributed by atoms with van der Waals surface area (Å²) in [5.74, 6) is -0.266. The molecule has 3 rings (SSSR count). The van der Waals surface area contributed by atoms with Crippen LogP contribution in [0.15, 0.2) is 24.5 Å². The first-order chi connectivity index (χ1) is 7.83. The van der Waals surface area contributed by atoms with Gasteiger partial charge in [0, 0.05) is 25.0 Å². The predicted octanol–water partition coefficient (Wildman–Crippen LogP) is 1.13. The van der Waals surface area contributed by atoms with Gasteiger partial charge in [-0.25, -0.2) is 9.37 Å². The first kappa shape index (κ1) is 9.74. The van der Waals surface area contributed by atoms with Crippen LogP contribution in [-0.4, -0.2) is 29.1 Å². The lowest BCUT2D eigenvalue weighted by atomic mass is 10.2. The molecule has 2 aromatic heterocycles. The number of pyridine rings is 1. The molecule has 4 nitrogen and oxygen atoms in total. The van der Waals surface area contributed by atoms with E-state index < -0.39 is 0 Å². The molecule has 2 aromatic rings. The van der Waals surface area contributed by atoms with Gasteiger partial charge in [0.2, 0.25) is 0 Å². The molecule has 1 saturated heterocycles. The van der Waals surface area contributed by atoms with E-state index >= 15 is 0 Å². The molecule has 0 bridgehead atoms. The minimum absolute atomic E-state index is 0.108. The topological polar surface area (TPSA) is 38.6 Å². The van der Waals surface area contributed by atoms with Crippen molar-refractivity contribution < 1.29 is 9.13 Å².